The van der Waals surface area contributed by atoms with E-state index in [-0.39, 0.29) is 0 Å². The van der Waals surface area contributed by atoms with Crippen LogP contribution in [0.4, 0.5) is 17.6 Å². The summed E-state index contributed by atoms with van der Waals surface area (Å²) in [6, 6.07) is 0. The molecule has 5 aliphatic rings. The Morgan fingerprint density at radius 2 is 1.26 bits per heavy atom. The summed E-state index contributed by atoms with van der Waals surface area (Å²) in [7, 11) is 0. The number of allylic oxidation sites excluding steroid dienone is 1. The molecule has 0 unspecified atom stereocenters. The summed E-state index contributed by atoms with van der Waals surface area (Å²) in [5, 5.41) is 10.3. The van der Waals surface area contributed by atoms with Gasteiger partial charge in [0, 0.05) is 5.41 Å². The molecule has 0 aromatic heterocycles. The monoisotopic (exact) mass is 380 g/mol. The molecule has 4 bridgehead atoms. The first kappa shape index (κ1) is 17.0. The number of aliphatic hydroxyl groups excluding tert-OH is 1. The molecule has 1 aromatic carbocycles. The number of Topliss-reactive ketones (excluding diaryl/α,β-unsaturated/α-hetero) is 2. The number of fused-ring (bicyclic) bond motifs is 1. The lowest BCUT2D eigenvalue weighted by molar-refractivity contribution is -0.139. The van der Waals surface area contributed by atoms with Crippen LogP contribution in [0.15, 0.2) is 5.57 Å². The van der Waals surface area contributed by atoms with Crippen LogP contribution < -0.4 is 0 Å². The molecule has 0 aliphatic heterocycles. The summed E-state index contributed by atoms with van der Waals surface area (Å²) in [5.41, 5.74) is -3.71. The molecule has 0 radical (unpaired) electrons. The highest BCUT2D eigenvalue weighted by Gasteiger charge is 2.57. The molecule has 0 spiro atoms. The minimum Gasteiger partial charge on any atom is -0.506 e. The molecule has 7 heteroatoms. The van der Waals surface area contributed by atoms with E-state index in [4.69, 9.17) is 0 Å². The fraction of sp³-hybridized carbons (Fsp3) is 0.500. The molecule has 5 aliphatic carbocycles. The van der Waals surface area contributed by atoms with Gasteiger partial charge in [0.2, 0.25) is 5.78 Å². The van der Waals surface area contributed by atoms with Gasteiger partial charge in [0.25, 0.3) is 0 Å². The number of ketones is 2. The summed E-state index contributed by atoms with van der Waals surface area (Å²) in [6.07, 6.45) is 4.83. The molecule has 4 fully saturated rings. The van der Waals surface area contributed by atoms with Crippen molar-refractivity contribution in [2.75, 3.05) is 0 Å². The lowest BCUT2D eigenvalue weighted by atomic mass is 9.48. The molecular formula is C20H16F4O3. The van der Waals surface area contributed by atoms with Gasteiger partial charge in [-0.1, -0.05) is 0 Å². The summed E-state index contributed by atoms with van der Waals surface area (Å²) in [5.74, 6) is -9.87. The van der Waals surface area contributed by atoms with E-state index in [9.17, 15) is 32.3 Å². The van der Waals surface area contributed by atoms with Gasteiger partial charge in [0.05, 0.1) is 11.1 Å². The average Bonchev–Trinajstić information content (AvgIpc) is 2.87. The fourth-order valence-corrected chi connectivity index (χ4v) is 6.29. The van der Waals surface area contributed by atoms with Crippen molar-refractivity contribution >= 4 is 17.3 Å². The van der Waals surface area contributed by atoms with Crippen LogP contribution in [0.25, 0.3) is 5.76 Å². The van der Waals surface area contributed by atoms with Crippen LogP contribution in [0.1, 0.15) is 54.4 Å². The highest BCUT2D eigenvalue weighted by Crippen LogP contribution is 2.61. The molecule has 0 saturated heterocycles. The van der Waals surface area contributed by atoms with E-state index in [0.717, 1.165) is 19.3 Å². The number of hydrogen-bond donors (Lipinski definition) is 1. The molecule has 1 aromatic rings. The maximum absolute atomic E-state index is 14.1. The van der Waals surface area contributed by atoms with Crippen molar-refractivity contribution in [2.24, 2.45) is 23.2 Å². The number of carbonyl (C=O) groups excluding carboxylic acids is 2. The largest absolute Gasteiger partial charge is 0.506 e. The summed E-state index contributed by atoms with van der Waals surface area (Å²) in [6.45, 7) is 0. The minimum absolute atomic E-state index is 0.366. The standard InChI is InChI=1S/C20H16F4O3/c21-13-10-11(14(22)16(24)15(13)23)18(26)12(17(10)25)19(27)20-4-7-1-8(5-20)3-9(2-7)6-20/h7-9,25H,1-6H2. The summed E-state index contributed by atoms with van der Waals surface area (Å²) in [4.78, 5) is 26.0. The average molecular weight is 380 g/mol. The second-order valence-electron chi connectivity index (χ2n) is 8.59. The molecule has 0 heterocycles. The first-order valence-electron chi connectivity index (χ1n) is 9.12. The van der Waals surface area contributed by atoms with Gasteiger partial charge in [-0.15, -0.1) is 0 Å². The zero-order valence-corrected chi connectivity index (χ0v) is 14.3. The van der Waals surface area contributed by atoms with E-state index >= 15 is 0 Å². The van der Waals surface area contributed by atoms with Gasteiger partial charge < -0.3 is 5.11 Å². The number of rotatable bonds is 2. The van der Waals surface area contributed by atoms with Crippen LogP contribution in [-0.2, 0) is 4.79 Å². The van der Waals surface area contributed by atoms with Crippen molar-refractivity contribution in [1.29, 1.82) is 0 Å². The second kappa shape index (κ2) is 5.20. The van der Waals surface area contributed by atoms with Crippen LogP contribution in [0, 0.1) is 46.4 Å². The molecule has 6 rings (SSSR count). The maximum atomic E-state index is 14.1. The Morgan fingerprint density at radius 1 is 0.815 bits per heavy atom. The van der Waals surface area contributed by atoms with Gasteiger partial charge in [-0.3, -0.25) is 9.59 Å². The molecule has 3 nitrogen and oxygen atoms in total. The Labute approximate surface area is 152 Å². The molecule has 142 valence electrons. The number of halogens is 4. The normalized spacial score (nSPS) is 33.8. The number of hydrogen-bond acceptors (Lipinski definition) is 3. The Morgan fingerprint density at radius 3 is 1.74 bits per heavy atom. The van der Waals surface area contributed by atoms with Gasteiger partial charge in [-0.05, 0) is 56.3 Å². The lowest BCUT2D eigenvalue weighted by Gasteiger charge is -2.55. The molecule has 0 amide bonds. The quantitative estimate of drug-likeness (QED) is 0.356. The zero-order chi connectivity index (χ0) is 19.2. The smallest absolute Gasteiger partial charge is 0.204 e. The highest BCUT2D eigenvalue weighted by atomic mass is 19.2. The zero-order valence-electron chi connectivity index (χ0n) is 14.3. The molecule has 1 N–H and O–H groups in total. The molecule has 4 saturated carbocycles. The van der Waals surface area contributed by atoms with Crippen LogP contribution in [0.5, 0.6) is 0 Å². The van der Waals surface area contributed by atoms with Crippen molar-refractivity contribution in [2.45, 2.75) is 38.5 Å². The topological polar surface area (TPSA) is 54.4 Å². The van der Waals surface area contributed by atoms with Gasteiger partial charge in [-0.25, -0.2) is 17.6 Å². The number of benzene rings is 1. The Hall–Kier alpha value is -2.18. The van der Waals surface area contributed by atoms with Crippen LogP contribution in [0.2, 0.25) is 0 Å². The predicted octanol–water partition coefficient (Wildman–Crippen LogP) is 4.49. The van der Waals surface area contributed by atoms with Crippen LogP contribution >= 0.6 is 0 Å². The molecule has 0 atom stereocenters. The second-order valence-corrected chi connectivity index (χ2v) is 8.59. The molecule has 27 heavy (non-hydrogen) atoms. The summed E-state index contributed by atoms with van der Waals surface area (Å²) < 4.78 is 55.4. The van der Waals surface area contributed by atoms with Crippen molar-refractivity contribution in [3.05, 3.63) is 40.0 Å². The van der Waals surface area contributed by atoms with Gasteiger partial charge >= 0.3 is 0 Å². The van der Waals surface area contributed by atoms with E-state index in [0.29, 0.717) is 37.0 Å². The third-order valence-electron chi connectivity index (χ3n) is 6.94. The van der Waals surface area contributed by atoms with E-state index in [2.05, 4.69) is 0 Å². The Bertz CT molecular complexity index is 927. The van der Waals surface area contributed by atoms with Crippen LogP contribution in [0.3, 0.4) is 0 Å². The third-order valence-corrected chi connectivity index (χ3v) is 6.94. The predicted molar refractivity (Wildman–Crippen MR) is 85.8 cm³/mol. The minimum atomic E-state index is -2.13. The third kappa shape index (κ3) is 2.03. The Balaban J connectivity index is 1.63. The SMILES string of the molecule is O=C1C(C(=O)C23CC4CC(CC(C4)C2)C3)=C(O)c2c(F)c(F)c(F)c(F)c21. The van der Waals surface area contributed by atoms with Crippen molar-refractivity contribution < 1.29 is 32.3 Å². The van der Waals surface area contributed by atoms with Crippen molar-refractivity contribution in [3.63, 3.8) is 0 Å². The van der Waals surface area contributed by atoms with Crippen molar-refractivity contribution in [1.82, 2.24) is 0 Å². The van der Waals surface area contributed by atoms with E-state index < -0.39 is 62.7 Å². The number of aliphatic hydroxyl groups is 1. The van der Waals surface area contributed by atoms with Gasteiger partial charge in [-0.2, -0.15) is 0 Å². The van der Waals surface area contributed by atoms with Crippen LogP contribution in [-0.4, -0.2) is 16.7 Å². The fourth-order valence-electron chi connectivity index (χ4n) is 6.29. The van der Waals surface area contributed by atoms with E-state index in [1.807, 2.05) is 0 Å². The Kier molecular flexibility index (Phi) is 3.27. The lowest BCUT2D eigenvalue weighted by Crippen LogP contribution is -2.50. The van der Waals surface area contributed by atoms with Gasteiger partial charge in [0.1, 0.15) is 11.3 Å². The van der Waals surface area contributed by atoms with E-state index in [1.165, 1.54) is 0 Å². The number of carbonyl (C=O) groups is 2. The van der Waals surface area contributed by atoms with Gasteiger partial charge in [0.15, 0.2) is 29.1 Å². The maximum Gasteiger partial charge on any atom is 0.204 e. The first-order chi connectivity index (χ1) is 12.7. The summed E-state index contributed by atoms with van der Waals surface area (Å²) >= 11 is 0. The highest BCUT2D eigenvalue weighted by molar-refractivity contribution is 6.35. The molecular weight excluding hydrogens is 364 g/mol. The van der Waals surface area contributed by atoms with Crippen molar-refractivity contribution in [3.8, 4) is 0 Å². The van der Waals surface area contributed by atoms with E-state index in [1.54, 1.807) is 0 Å². The first-order valence-corrected chi connectivity index (χ1v) is 9.12.